The van der Waals surface area contributed by atoms with Crippen LogP contribution in [0.3, 0.4) is 0 Å². The van der Waals surface area contributed by atoms with Crippen LogP contribution in [0.1, 0.15) is 22.0 Å². The Hall–Kier alpha value is -2.09. The number of hydrogen-bond donors (Lipinski definition) is 2. The molecule has 9 heteroatoms. The third kappa shape index (κ3) is 5.20. The molecule has 0 saturated heterocycles. The molecule has 26 heavy (non-hydrogen) atoms. The average molecular weight is 406 g/mol. The highest BCUT2D eigenvalue weighted by Crippen LogP contribution is 2.33. The fourth-order valence-electron chi connectivity index (χ4n) is 2.17. The van der Waals surface area contributed by atoms with Crippen molar-refractivity contribution in [3.05, 3.63) is 57.6 Å². The fraction of sp³-hybridized carbons (Fsp3) is 0.235. The number of halogens is 4. The van der Waals surface area contributed by atoms with E-state index in [1.165, 1.54) is 43.5 Å². The zero-order chi connectivity index (χ0) is 19.3. The molecule has 140 valence electrons. The molecule has 2 rings (SSSR count). The van der Waals surface area contributed by atoms with Gasteiger partial charge in [0.1, 0.15) is 5.75 Å². The number of aliphatic hydroxyl groups excluding tert-OH is 1. The second kappa shape index (κ2) is 9.02. The molecule has 0 aliphatic carbocycles. The Morgan fingerprint density at radius 2 is 1.77 bits per heavy atom. The van der Waals surface area contributed by atoms with Gasteiger partial charge in [-0.05, 0) is 29.8 Å². The molecule has 0 aromatic heterocycles. The number of hydrogen-bond acceptors (Lipinski definition) is 4. The van der Waals surface area contributed by atoms with Crippen LogP contribution in [0.5, 0.6) is 11.5 Å². The summed E-state index contributed by atoms with van der Waals surface area (Å²) in [6.07, 6.45) is -1.04. The Labute approximate surface area is 158 Å². The molecular weight excluding hydrogens is 391 g/mol. The number of aliphatic hydroxyl groups is 1. The van der Waals surface area contributed by atoms with Gasteiger partial charge in [0, 0.05) is 12.1 Å². The van der Waals surface area contributed by atoms with E-state index in [0.717, 1.165) is 0 Å². The van der Waals surface area contributed by atoms with E-state index in [9.17, 15) is 18.7 Å². The Bertz CT molecular complexity index is 749. The smallest absolute Gasteiger partial charge is 0.387 e. The van der Waals surface area contributed by atoms with E-state index >= 15 is 0 Å². The summed E-state index contributed by atoms with van der Waals surface area (Å²) >= 11 is 12.0. The summed E-state index contributed by atoms with van der Waals surface area (Å²) in [5, 5.41) is 13.0. The maximum Gasteiger partial charge on any atom is 0.387 e. The van der Waals surface area contributed by atoms with E-state index < -0.39 is 18.6 Å². The number of rotatable bonds is 7. The zero-order valence-corrected chi connectivity index (χ0v) is 15.0. The number of carbonyl (C=O) groups is 1. The molecule has 1 atom stereocenters. The predicted octanol–water partition coefficient (Wildman–Crippen LogP) is 4.07. The van der Waals surface area contributed by atoms with Crippen molar-refractivity contribution in [2.24, 2.45) is 0 Å². The Morgan fingerprint density at radius 3 is 2.27 bits per heavy atom. The van der Waals surface area contributed by atoms with Crippen molar-refractivity contribution >= 4 is 29.1 Å². The number of amides is 1. The monoisotopic (exact) mass is 405 g/mol. The summed E-state index contributed by atoms with van der Waals surface area (Å²) in [5.74, 6) is -0.258. The molecular formula is C17H15Cl2F2NO4. The number of alkyl halides is 2. The maximum absolute atomic E-state index is 12.2. The topological polar surface area (TPSA) is 67.8 Å². The van der Waals surface area contributed by atoms with Crippen molar-refractivity contribution in [3.63, 3.8) is 0 Å². The van der Waals surface area contributed by atoms with Gasteiger partial charge in [0.15, 0.2) is 5.75 Å². The fourth-order valence-corrected chi connectivity index (χ4v) is 2.81. The van der Waals surface area contributed by atoms with Crippen LogP contribution in [0.15, 0.2) is 36.4 Å². The first-order chi connectivity index (χ1) is 12.3. The molecule has 0 radical (unpaired) electrons. The highest BCUT2D eigenvalue weighted by Gasteiger charge is 2.15. The summed E-state index contributed by atoms with van der Waals surface area (Å²) in [4.78, 5) is 12.2. The molecule has 2 aromatic carbocycles. The van der Waals surface area contributed by atoms with Gasteiger partial charge in [0.05, 0.1) is 23.3 Å². The number of benzene rings is 2. The minimum Gasteiger partial charge on any atom is -0.494 e. The first-order valence-electron chi connectivity index (χ1n) is 7.36. The van der Waals surface area contributed by atoms with E-state index in [0.29, 0.717) is 5.56 Å². The van der Waals surface area contributed by atoms with Gasteiger partial charge in [-0.15, -0.1) is 0 Å². The molecule has 5 nitrogen and oxygen atoms in total. The third-order valence-corrected chi connectivity index (χ3v) is 3.97. The lowest BCUT2D eigenvalue weighted by atomic mass is 10.1. The lowest BCUT2D eigenvalue weighted by Gasteiger charge is -2.14. The van der Waals surface area contributed by atoms with Crippen LogP contribution in [-0.2, 0) is 0 Å². The van der Waals surface area contributed by atoms with Gasteiger partial charge in [-0.1, -0.05) is 35.3 Å². The summed E-state index contributed by atoms with van der Waals surface area (Å²) in [6, 6.07) is 8.24. The molecule has 0 saturated carbocycles. The van der Waals surface area contributed by atoms with Gasteiger partial charge in [-0.25, -0.2) is 0 Å². The number of carbonyl (C=O) groups excluding carboxylic acids is 1. The van der Waals surface area contributed by atoms with Crippen LogP contribution in [0.2, 0.25) is 10.0 Å². The minimum absolute atomic E-state index is 0.0255. The second-order valence-electron chi connectivity index (χ2n) is 5.15. The van der Waals surface area contributed by atoms with Gasteiger partial charge in [-0.2, -0.15) is 8.78 Å². The van der Waals surface area contributed by atoms with E-state index in [4.69, 9.17) is 27.9 Å². The lowest BCUT2D eigenvalue weighted by molar-refractivity contribution is -0.0498. The quantitative estimate of drug-likeness (QED) is 0.728. The van der Waals surface area contributed by atoms with Crippen LogP contribution in [0.25, 0.3) is 0 Å². The van der Waals surface area contributed by atoms with Crippen molar-refractivity contribution in [2.45, 2.75) is 12.7 Å². The Kier molecular flexibility index (Phi) is 7.02. The van der Waals surface area contributed by atoms with Crippen LogP contribution < -0.4 is 14.8 Å². The van der Waals surface area contributed by atoms with E-state index in [1.807, 2.05) is 0 Å². The minimum atomic E-state index is -2.92. The van der Waals surface area contributed by atoms with Crippen LogP contribution in [-0.4, -0.2) is 31.3 Å². The summed E-state index contributed by atoms with van der Waals surface area (Å²) in [5.41, 5.74) is 0.631. The first kappa shape index (κ1) is 20.2. The third-order valence-electron chi connectivity index (χ3n) is 3.41. The summed E-state index contributed by atoms with van der Waals surface area (Å²) in [6.45, 7) is -3.02. The van der Waals surface area contributed by atoms with E-state index in [-0.39, 0.29) is 33.7 Å². The van der Waals surface area contributed by atoms with Crippen molar-refractivity contribution in [1.82, 2.24) is 5.32 Å². The summed E-state index contributed by atoms with van der Waals surface area (Å²) in [7, 11) is 1.40. The van der Waals surface area contributed by atoms with Crippen molar-refractivity contribution in [3.8, 4) is 11.5 Å². The van der Waals surface area contributed by atoms with Gasteiger partial charge in [0.2, 0.25) is 0 Å². The largest absolute Gasteiger partial charge is 0.494 e. The molecule has 0 aliphatic rings. The maximum atomic E-state index is 12.2. The molecule has 1 amide bonds. The molecule has 1 unspecified atom stereocenters. The Balaban J connectivity index is 1.98. The van der Waals surface area contributed by atoms with Gasteiger partial charge in [-0.3, -0.25) is 4.79 Å². The number of methoxy groups -OCH3 is 1. The standard InChI is InChI=1S/C17H15Cl2F2NO4/c1-25-15-12(18)6-10(7-13(15)19)16(24)22-8-14(23)9-2-4-11(5-3-9)26-17(20)21/h2-7,14,17,23H,8H2,1H3,(H,22,24). The SMILES string of the molecule is COc1c(Cl)cc(C(=O)NCC(O)c2ccc(OC(F)F)cc2)cc1Cl. The van der Waals surface area contributed by atoms with Crippen LogP contribution in [0, 0.1) is 0 Å². The average Bonchev–Trinajstić information content (AvgIpc) is 2.59. The summed E-state index contributed by atoms with van der Waals surface area (Å²) < 4.78 is 33.5. The molecule has 0 aliphatic heterocycles. The molecule has 0 heterocycles. The normalized spacial score (nSPS) is 12.0. The molecule has 2 aromatic rings. The number of nitrogens with one attached hydrogen (secondary N) is 1. The number of ether oxygens (including phenoxy) is 2. The highest BCUT2D eigenvalue weighted by atomic mass is 35.5. The van der Waals surface area contributed by atoms with Gasteiger partial charge >= 0.3 is 6.61 Å². The lowest BCUT2D eigenvalue weighted by Crippen LogP contribution is -2.28. The van der Waals surface area contributed by atoms with E-state index in [1.54, 1.807) is 0 Å². The molecule has 2 N–H and O–H groups in total. The predicted molar refractivity (Wildman–Crippen MR) is 93.4 cm³/mol. The van der Waals surface area contributed by atoms with Crippen LogP contribution in [0.4, 0.5) is 8.78 Å². The van der Waals surface area contributed by atoms with Crippen molar-refractivity contribution in [2.75, 3.05) is 13.7 Å². The Morgan fingerprint density at radius 1 is 1.19 bits per heavy atom. The second-order valence-corrected chi connectivity index (χ2v) is 5.96. The highest BCUT2D eigenvalue weighted by molar-refractivity contribution is 6.37. The molecule has 0 fully saturated rings. The van der Waals surface area contributed by atoms with Crippen molar-refractivity contribution in [1.29, 1.82) is 0 Å². The first-order valence-corrected chi connectivity index (χ1v) is 8.11. The van der Waals surface area contributed by atoms with Gasteiger partial charge < -0.3 is 19.9 Å². The van der Waals surface area contributed by atoms with Crippen molar-refractivity contribution < 1.29 is 28.2 Å². The van der Waals surface area contributed by atoms with Crippen LogP contribution >= 0.6 is 23.2 Å². The zero-order valence-electron chi connectivity index (χ0n) is 13.5. The van der Waals surface area contributed by atoms with Gasteiger partial charge in [0.25, 0.3) is 5.91 Å². The van der Waals surface area contributed by atoms with E-state index in [2.05, 4.69) is 10.1 Å². The molecule has 0 bridgehead atoms. The molecule has 0 spiro atoms.